The van der Waals surface area contributed by atoms with E-state index >= 15 is 0 Å². The fourth-order valence-corrected chi connectivity index (χ4v) is 0.447. The predicted octanol–water partition coefficient (Wildman–Crippen LogP) is -4.19. The van der Waals surface area contributed by atoms with Gasteiger partial charge in [-0.3, -0.25) is 0 Å². The van der Waals surface area contributed by atoms with Gasteiger partial charge in [-0.2, -0.15) is 0 Å². The van der Waals surface area contributed by atoms with Gasteiger partial charge in [-0.25, -0.2) is 0 Å². The van der Waals surface area contributed by atoms with Crippen LogP contribution in [0.2, 0.25) is 0 Å². The first-order valence-corrected chi connectivity index (χ1v) is 4.16. The summed E-state index contributed by atoms with van der Waals surface area (Å²) >= 11 is 0. The molecule has 0 aromatic rings. The second kappa shape index (κ2) is 20.1. The van der Waals surface area contributed by atoms with Crippen LogP contribution in [0.5, 0.6) is 0 Å². The summed E-state index contributed by atoms with van der Waals surface area (Å²) in [4.78, 5) is 19.1. The van der Waals surface area contributed by atoms with E-state index in [4.69, 9.17) is 10.2 Å². The van der Waals surface area contributed by atoms with Crippen molar-refractivity contribution in [1.82, 2.24) is 0 Å². The van der Waals surface area contributed by atoms with Crippen LogP contribution in [0.1, 0.15) is 25.7 Å². The summed E-state index contributed by atoms with van der Waals surface area (Å²) in [6.07, 6.45) is 0.498. The van der Waals surface area contributed by atoms with Crippen LogP contribution in [-0.2, 0) is 9.59 Å². The minimum atomic E-state index is -1.10. The molecule has 7 nitrogen and oxygen atoms in total. The Balaban J connectivity index is -0.0000000800. The summed E-state index contributed by atoms with van der Waals surface area (Å²) in [5.74, 6) is -2.21. The van der Waals surface area contributed by atoms with Crippen molar-refractivity contribution < 1.29 is 35.5 Å². The topological polar surface area (TPSA) is 152 Å². The monoisotopic (exact) mass is 248 g/mol. The first kappa shape index (κ1) is 24.7. The van der Waals surface area contributed by atoms with Crippen LogP contribution in [0.15, 0.2) is 0 Å². The summed E-state index contributed by atoms with van der Waals surface area (Å²) in [5, 5.41) is 35.1. The molecule has 0 atom stereocenters. The van der Waals surface area contributed by atoms with E-state index in [0.717, 1.165) is 0 Å². The molecule has 0 bridgehead atoms. The average Bonchev–Trinajstić information content (AvgIpc) is 2.12. The maximum absolute atomic E-state index is 9.54. The molecule has 0 aromatic heterocycles. The Morgan fingerprint density at radius 3 is 1.19 bits per heavy atom. The summed E-state index contributed by atoms with van der Waals surface area (Å²) in [6.45, 7) is -0.151. The van der Waals surface area contributed by atoms with Crippen LogP contribution in [0.3, 0.4) is 0 Å². The van der Waals surface area contributed by atoms with E-state index < -0.39 is 11.9 Å². The molecule has 92 valence electrons. The molecule has 0 saturated carbocycles. The maximum Gasteiger partial charge on any atom is 2.00 e. The molecule has 8 heteroatoms. The molecule has 0 rings (SSSR count). The van der Waals surface area contributed by atoms with Gasteiger partial charge in [-0.15, -0.1) is 0 Å². The molecule has 0 spiro atoms. The van der Waals surface area contributed by atoms with Crippen molar-refractivity contribution >= 4 is 35.0 Å². The number of hydrogen-bond donors (Lipinski definition) is 2. The van der Waals surface area contributed by atoms with Crippen molar-refractivity contribution in [1.29, 1.82) is 0 Å². The van der Waals surface area contributed by atoms with Crippen LogP contribution >= 0.6 is 0 Å². The largest absolute Gasteiger partial charge is 2.00 e. The number of aliphatic carboxylic acids is 2. The molecule has 0 aromatic carbocycles. The summed E-state index contributed by atoms with van der Waals surface area (Å²) < 4.78 is 0. The third-order valence-electron chi connectivity index (χ3n) is 1.08. The number of carboxylic acid groups (broad SMARTS) is 2. The number of aliphatic hydroxyl groups excluding tert-OH is 2. The van der Waals surface area contributed by atoms with Gasteiger partial charge in [0.1, 0.15) is 0 Å². The molecule has 0 unspecified atom stereocenters. The van der Waals surface area contributed by atoms with Crippen LogP contribution in [0.4, 0.5) is 0 Å². The van der Waals surface area contributed by atoms with Crippen molar-refractivity contribution in [2.45, 2.75) is 25.7 Å². The molecule has 0 saturated heterocycles. The van der Waals surface area contributed by atoms with Crippen molar-refractivity contribution in [2.24, 2.45) is 0 Å². The summed E-state index contributed by atoms with van der Waals surface area (Å²) in [6, 6.07) is 0. The summed E-state index contributed by atoms with van der Waals surface area (Å²) in [5.41, 5.74) is 0. The van der Waals surface area contributed by atoms with E-state index in [2.05, 4.69) is 0 Å². The first-order chi connectivity index (χ1) is 6.54. The van der Waals surface area contributed by atoms with Gasteiger partial charge in [0.15, 0.2) is 0 Å². The minimum absolute atomic E-state index is 0. The predicted molar refractivity (Wildman–Crippen MR) is 52.0 cm³/mol. The van der Waals surface area contributed by atoms with Gasteiger partial charge < -0.3 is 35.5 Å². The van der Waals surface area contributed by atoms with Crippen molar-refractivity contribution in [3.8, 4) is 0 Å². The van der Waals surface area contributed by atoms with Gasteiger partial charge >= 0.3 is 23.1 Å². The fraction of sp³-hybridized carbons (Fsp3) is 0.750. The maximum atomic E-state index is 9.54. The molecular weight excluding hydrogens is 232 g/mol. The van der Waals surface area contributed by atoms with Crippen molar-refractivity contribution in [3.63, 3.8) is 0 Å². The Bertz CT molecular complexity index is 144. The molecule has 0 amide bonds. The second-order valence-electron chi connectivity index (χ2n) is 2.40. The molecule has 4 N–H and O–H groups in total. The molecular formula is C8H16MgO7. The van der Waals surface area contributed by atoms with E-state index in [1.807, 2.05) is 0 Å². The summed E-state index contributed by atoms with van der Waals surface area (Å²) in [7, 11) is 0. The van der Waals surface area contributed by atoms with Gasteiger partial charge in [-0.1, -0.05) is 0 Å². The van der Waals surface area contributed by atoms with Crippen molar-refractivity contribution in [3.05, 3.63) is 0 Å². The second-order valence-corrected chi connectivity index (χ2v) is 2.40. The Morgan fingerprint density at radius 2 is 1.12 bits per heavy atom. The number of carbonyl (C=O) groups excluding carboxylic acids is 2. The van der Waals surface area contributed by atoms with Gasteiger partial charge in [-0.05, 0) is 25.7 Å². The Labute approximate surface area is 110 Å². The number of carbonyl (C=O) groups is 2. The molecule has 0 aliphatic rings. The van der Waals surface area contributed by atoms with E-state index in [9.17, 15) is 19.8 Å². The standard InChI is InChI=1S/2C4H8O3.Mg.H2O/c2*5-3-1-2-4(6)7;;/h2*5H,1-3H2,(H,6,7);;1H2/q;;+2;/p-2. The van der Waals surface area contributed by atoms with Crippen LogP contribution in [0.25, 0.3) is 0 Å². The Kier molecular flexibility index (Phi) is 31.0. The number of hydrogen-bond acceptors (Lipinski definition) is 6. The number of carboxylic acids is 2. The smallest absolute Gasteiger partial charge is 0.550 e. The number of aliphatic hydroxyl groups is 2. The van der Waals surface area contributed by atoms with Crippen LogP contribution < -0.4 is 10.2 Å². The van der Waals surface area contributed by atoms with E-state index in [1.165, 1.54) is 0 Å². The molecule has 0 radical (unpaired) electrons. The molecule has 0 heterocycles. The van der Waals surface area contributed by atoms with Crippen molar-refractivity contribution in [2.75, 3.05) is 13.2 Å². The first-order valence-electron chi connectivity index (χ1n) is 4.16. The van der Waals surface area contributed by atoms with Crippen LogP contribution in [-0.4, -0.2) is 63.9 Å². The van der Waals surface area contributed by atoms with E-state index in [0.29, 0.717) is 12.8 Å². The Morgan fingerprint density at radius 1 is 0.875 bits per heavy atom. The van der Waals surface area contributed by atoms with Gasteiger partial charge in [0.25, 0.3) is 0 Å². The van der Waals surface area contributed by atoms with Crippen LogP contribution in [0, 0.1) is 0 Å². The zero-order chi connectivity index (χ0) is 11.4. The SMILES string of the molecule is O.O=C([O-])CCCO.O=C([O-])CCCO.[Mg+2]. The molecule has 0 aliphatic heterocycles. The fourth-order valence-electron chi connectivity index (χ4n) is 0.447. The normalized spacial score (nSPS) is 7.62. The van der Waals surface area contributed by atoms with Gasteiger partial charge in [0, 0.05) is 25.2 Å². The minimum Gasteiger partial charge on any atom is -0.550 e. The van der Waals surface area contributed by atoms with E-state index in [1.54, 1.807) is 0 Å². The number of rotatable bonds is 6. The quantitative estimate of drug-likeness (QED) is 0.455. The van der Waals surface area contributed by atoms with Gasteiger partial charge in [0.05, 0.1) is 0 Å². The zero-order valence-electron chi connectivity index (χ0n) is 8.98. The van der Waals surface area contributed by atoms with Gasteiger partial charge in [0.2, 0.25) is 0 Å². The molecule has 0 fully saturated rings. The third kappa shape index (κ3) is 37.4. The molecule has 0 aliphatic carbocycles. The Hall–Kier alpha value is -0.414. The van der Waals surface area contributed by atoms with E-state index in [-0.39, 0.29) is 54.6 Å². The third-order valence-corrected chi connectivity index (χ3v) is 1.08. The average molecular weight is 249 g/mol. The molecule has 16 heavy (non-hydrogen) atoms. The zero-order valence-corrected chi connectivity index (χ0v) is 10.4.